The van der Waals surface area contributed by atoms with E-state index >= 15 is 0 Å². The maximum atomic E-state index is 4.68. The van der Waals surface area contributed by atoms with Crippen LogP contribution in [0.2, 0.25) is 0 Å². The lowest BCUT2D eigenvalue weighted by Gasteiger charge is -2.27. The quantitative estimate of drug-likeness (QED) is 0.859. The number of anilines is 1. The highest BCUT2D eigenvalue weighted by Crippen LogP contribution is 2.25. The molecule has 0 saturated carbocycles. The van der Waals surface area contributed by atoms with Crippen LogP contribution in [0, 0.1) is 0 Å². The second-order valence-electron chi connectivity index (χ2n) is 4.53. The summed E-state index contributed by atoms with van der Waals surface area (Å²) in [7, 11) is 0. The molecule has 0 N–H and O–H groups in total. The van der Waals surface area contributed by atoms with E-state index in [1.807, 2.05) is 24.4 Å². The fraction of sp³-hybridized carbons (Fsp3) is 0.357. The third-order valence-corrected chi connectivity index (χ3v) is 3.98. The van der Waals surface area contributed by atoms with Gasteiger partial charge in [0.15, 0.2) is 0 Å². The molecule has 0 atom stereocenters. The Bertz CT molecular complexity index is 526. The van der Waals surface area contributed by atoms with Gasteiger partial charge in [-0.05, 0) is 43.2 Å². The van der Waals surface area contributed by atoms with E-state index in [-0.39, 0.29) is 0 Å². The summed E-state index contributed by atoms with van der Waals surface area (Å²) in [6.07, 6.45) is 9.27. The molecule has 0 spiro atoms. The zero-order valence-corrected chi connectivity index (χ0v) is 11.5. The highest BCUT2D eigenvalue weighted by Gasteiger charge is 2.13. The average molecular weight is 272 g/mol. The van der Waals surface area contributed by atoms with Crippen LogP contribution in [0.1, 0.15) is 19.3 Å². The Hall–Kier alpha value is -1.62. The second-order valence-corrected chi connectivity index (χ2v) is 5.57. The molecule has 4 nitrogen and oxygen atoms in total. The van der Waals surface area contributed by atoms with Crippen molar-refractivity contribution in [2.45, 2.75) is 29.3 Å². The summed E-state index contributed by atoms with van der Waals surface area (Å²) >= 11 is 1.55. The molecule has 3 rings (SSSR count). The van der Waals surface area contributed by atoms with Crippen LogP contribution in [0.15, 0.2) is 46.8 Å². The molecule has 0 radical (unpaired) electrons. The van der Waals surface area contributed by atoms with Gasteiger partial charge in [0.1, 0.15) is 15.9 Å². The topological polar surface area (TPSA) is 41.9 Å². The van der Waals surface area contributed by atoms with E-state index in [4.69, 9.17) is 0 Å². The Balaban J connectivity index is 1.76. The smallest absolute Gasteiger partial charge is 0.148 e. The van der Waals surface area contributed by atoms with Gasteiger partial charge in [-0.15, -0.1) is 0 Å². The van der Waals surface area contributed by atoms with Crippen molar-refractivity contribution in [3.63, 3.8) is 0 Å². The van der Waals surface area contributed by atoms with Crippen LogP contribution >= 0.6 is 11.8 Å². The Morgan fingerprint density at radius 2 is 1.89 bits per heavy atom. The minimum Gasteiger partial charge on any atom is -0.355 e. The Morgan fingerprint density at radius 1 is 1.00 bits per heavy atom. The molecule has 1 aliphatic rings. The molecule has 1 fully saturated rings. The first-order chi connectivity index (χ1) is 9.42. The largest absolute Gasteiger partial charge is 0.355 e. The monoisotopic (exact) mass is 272 g/mol. The molecule has 0 bridgehead atoms. The van der Waals surface area contributed by atoms with Crippen molar-refractivity contribution in [3.8, 4) is 0 Å². The molecule has 98 valence electrons. The molecule has 0 amide bonds. The van der Waals surface area contributed by atoms with Crippen molar-refractivity contribution in [1.29, 1.82) is 0 Å². The molecule has 1 aliphatic heterocycles. The predicted molar refractivity (Wildman–Crippen MR) is 76.5 cm³/mol. The number of hydrogen-bond acceptors (Lipinski definition) is 5. The van der Waals surface area contributed by atoms with E-state index in [1.165, 1.54) is 19.3 Å². The lowest BCUT2D eigenvalue weighted by atomic mass is 10.1. The molecule has 5 heteroatoms. The Labute approximate surface area is 117 Å². The van der Waals surface area contributed by atoms with Gasteiger partial charge in [-0.1, -0.05) is 6.07 Å². The first-order valence-corrected chi connectivity index (χ1v) is 7.39. The van der Waals surface area contributed by atoms with E-state index in [0.717, 1.165) is 29.0 Å². The molecule has 0 unspecified atom stereocenters. The van der Waals surface area contributed by atoms with Gasteiger partial charge < -0.3 is 4.90 Å². The summed E-state index contributed by atoms with van der Waals surface area (Å²) in [4.78, 5) is 15.6. The average Bonchev–Trinajstić information content (AvgIpc) is 2.49. The zero-order valence-electron chi connectivity index (χ0n) is 10.7. The van der Waals surface area contributed by atoms with E-state index < -0.39 is 0 Å². The van der Waals surface area contributed by atoms with Gasteiger partial charge in [0.25, 0.3) is 0 Å². The van der Waals surface area contributed by atoms with Crippen LogP contribution < -0.4 is 4.90 Å². The fourth-order valence-electron chi connectivity index (χ4n) is 2.18. The lowest BCUT2D eigenvalue weighted by Crippen LogP contribution is -2.30. The number of rotatable bonds is 3. The summed E-state index contributed by atoms with van der Waals surface area (Å²) in [5.41, 5.74) is 0. The van der Waals surface area contributed by atoms with Gasteiger partial charge in [-0.25, -0.2) is 9.97 Å². The third-order valence-electron chi connectivity index (χ3n) is 3.13. The standard InChI is InChI=1S/C14H16N4S/c1-4-8-18(9-5-1)12-10-15-11-14(17-12)19-13-6-2-3-7-16-13/h2-3,6-7,10-11H,1,4-5,8-9H2. The lowest BCUT2D eigenvalue weighted by molar-refractivity contribution is 0.571. The first kappa shape index (κ1) is 12.4. The number of hydrogen-bond donors (Lipinski definition) is 0. The summed E-state index contributed by atoms with van der Waals surface area (Å²) < 4.78 is 0. The summed E-state index contributed by atoms with van der Waals surface area (Å²) in [5.74, 6) is 0.987. The van der Waals surface area contributed by atoms with E-state index in [2.05, 4.69) is 19.9 Å². The van der Waals surface area contributed by atoms with Crippen LogP contribution in [0.25, 0.3) is 0 Å². The maximum absolute atomic E-state index is 4.68. The highest BCUT2D eigenvalue weighted by molar-refractivity contribution is 7.99. The Kier molecular flexibility index (Phi) is 3.93. The van der Waals surface area contributed by atoms with Crippen molar-refractivity contribution in [2.24, 2.45) is 0 Å². The number of pyridine rings is 1. The van der Waals surface area contributed by atoms with Gasteiger partial charge in [0, 0.05) is 19.3 Å². The van der Waals surface area contributed by atoms with E-state index in [0.29, 0.717) is 0 Å². The highest BCUT2D eigenvalue weighted by atomic mass is 32.2. The third kappa shape index (κ3) is 3.23. The summed E-state index contributed by atoms with van der Waals surface area (Å²) in [6, 6.07) is 5.89. The maximum Gasteiger partial charge on any atom is 0.148 e. The number of nitrogens with zero attached hydrogens (tertiary/aromatic N) is 4. The van der Waals surface area contributed by atoms with Crippen molar-refractivity contribution >= 4 is 17.6 Å². The first-order valence-electron chi connectivity index (χ1n) is 6.58. The molecular formula is C14H16N4S. The van der Waals surface area contributed by atoms with Gasteiger partial charge in [0.2, 0.25) is 0 Å². The molecule has 2 aromatic rings. The van der Waals surface area contributed by atoms with Crippen molar-refractivity contribution < 1.29 is 0 Å². The molecule has 0 aromatic carbocycles. The molecular weight excluding hydrogens is 256 g/mol. The van der Waals surface area contributed by atoms with Crippen LogP contribution in [0.3, 0.4) is 0 Å². The van der Waals surface area contributed by atoms with Crippen LogP contribution in [-0.4, -0.2) is 28.0 Å². The van der Waals surface area contributed by atoms with Crippen LogP contribution in [0.4, 0.5) is 5.82 Å². The minimum absolute atomic E-state index is 0.904. The van der Waals surface area contributed by atoms with Crippen molar-refractivity contribution in [1.82, 2.24) is 15.0 Å². The second kappa shape index (κ2) is 6.02. The van der Waals surface area contributed by atoms with Gasteiger partial charge in [0.05, 0.1) is 12.4 Å². The molecule has 2 aromatic heterocycles. The molecule has 3 heterocycles. The number of piperidine rings is 1. The molecule has 0 aliphatic carbocycles. The zero-order chi connectivity index (χ0) is 12.9. The molecule has 1 saturated heterocycles. The van der Waals surface area contributed by atoms with Crippen molar-refractivity contribution in [3.05, 3.63) is 36.8 Å². The Morgan fingerprint density at radius 3 is 2.68 bits per heavy atom. The van der Waals surface area contributed by atoms with Crippen molar-refractivity contribution in [2.75, 3.05) is 18.0 Å². The van der Waals surface area contributed by atoms with E-state index in [9.17, 15) is 0 Å². The summed E-state index contributed by atoms with van der Waals surface area (Å²) in [5, 5.41) is 1.86. The van der Waals surface area contributed by atoms with Crippen LogP contribution in [-0.2, 0) is 0 Å². The van der Waals surface area contributed by atoms with Gasteiger partial charge in [-0.2, -0.15) is 0 Å². The van der Waals surface area contributed by atoms with Gasteiger partial charge >= 0.3 is 0 Å². The predicted octanol–water partition coefficient (Wildman–Crippen LogP) is 3.01. The fourth-order valence-corrected chi connectivity index (χ4v) is 2.90. The van der Waals surface area contributed by atoms with Gasteiger partial charge in [-0.3, -0.25) is 4.98 Å². The van der Waals surface area contributed by atoms with Crippen LogP contribution in [0.5, 0.6) is 0 Å². The minimum atomic E-state index is 0.904. The normalized spacial score (nSPS) is 15.5. The van der Waals surface area contributed by atoms with E-state index in [1.54, 1.807) is 24.2 Å². The molecule has 19 heavy (non-hydrogen) atoms. The number of aromatic nitrogens is 3. The summed E-state index contributed by atoms with van der Waals surface area (Å²) in [6.45, 7) is 2.18. The SMILES string of the molecule is c1ccc(Sc2cncc(N3CCCCC3)n2)nc1.